The highest BCUT2D eigenvalue weighted by Gasteiger charge is 2.15. The number of piperazine rings is 1. The number of benzene rings is 2. The number of carbonyl (C=O) groups is 1. The van der Waals surface area contributed by atoms with Crippen molar-refractivity contribution in [3.05, 3.63) is 71.0 Å². The average molecular weight is 355 g/mol. The van der Waals surface area contributed by atoms with Crippen molar-refractivity contribution in [2.45, 2.75) is 19.5 Å². The van der Waals surface area contributed by atoms with Crippen LogP contribution >= 0.6 is 0 Å². The molecule has 2 aromatic carbocycles. The van der Waals surface area contributed by atoms with Gasteiger partial charge in [-0.3, -0.25) is 9.69 Å². The number of halogens is 1. The van der Waals surface area contributed by atoms with Gasteiger partial charge in [0, 0.05) is 39.3 Å². The van der Waals surface area contributed by atoms with E-state index in [1.807, 2.05) is 6.07 Å². The van der Waals surface area contributed by atoms with E-state index in [1.165, 1.54) is 17.7 Å². The molecular weight excluding hydrogens is 329 g/mol. The molecule has 1 amide bonds. The Bertz CT molecular complexity index is 724. The standard InChI is InChI=1S/C21H26FN3O/c1-24-10-12-25(13-11-24)16-19-5-3-2-4-18(19)15-23-21(26)14-17-6-8-20(22)9-7-17/h2-9H,10-16H2,1H3,(H,23,26). The summed E-state index contributed by atoms with van der Waals surface area (Å²) in [6, 6.07) is 14.3. The Kier molecular flexibility index (Phi) is 6.36. The first-order valence-electron chi connectivity index (χ1n) is 9.09. The second kappa shape index (κ2) is 8.92. The fraction of sp³-hybridized carbons (Fsp3) is 0.381. The van der Waals surface area contributed by atoms with Gasteiger partial charge in [-0.25, -0.2) is 4.39 Å². The first-order valence-corrected chi connectivity index (χ1v) is 9.09. The molecular formula is C21H26FN3O. The predicted molar refractivity (Wildman–Crippen MR) is 101 cm³/mol. The van der Waals surface area contributed by atoms with Crippen LogP contribution in [-0.2, 0) is 24.3 Å². The molecule has 1 saturated heterocycles. The molecule has 26 heavy (non-hydrogen) atoms. The van der Waals surface area contributed by atoms with Gasteiger partial charge in [-0.2, -0.15) is 0 Å². The number of likely N-dealkylation sites (N-methyl/N-ethyl adjacent to an activating group) is 1. The van der Waals surface area contributed by atoms with Crippen molar-refractivity contribution < 1.29 is 9.18 Å². The minimum absolute atomic E-state index is 0.0500. The fourth-order valence-electron chi connectivity index (χ4n) is 3.18. The van der Waals surface area contributed by atoms with Crippen molar-refractivity contribution in [2.75, 3.05) is 33.2 Å². The first-order chi connectivity index (χ1) is 12.6. The van der Waals surface area contributed by atoms with E-state index in [2.05, 4.69) is 40.4 Å². The lowest BCUT2D eigenvalue weighted by molar-refractivity contribution is -0.120. The van der Waals surface area contributed by atoms with Crippen LogP contribution in [0.3, 0.4) is 0 Å². The van der Waals surface area contributed by atoms with Gasteiger partial charge in [-0.05, 0) is 35.9 Å². The van der Waals surface area contributed by atoms with Crippen LogP contribution in [0.5, 0.6) is 0 Å². The number of nitrogens with zero attached hydrogens (tertiary/aromatic N) is 2. The van der Waals surface area contributed by atoms with E-state index in [4.69, 9.17) is 0 Å². The maximum absolute atomic E-state index is 12.9. The third-order valence-electron chi connectivity index (χ3n) is 4.86. The molecule has 138 valence electrons. The summed E-state index contributed by atoms with van der Waals surface area (Å²) >= 11 is 0. The van der Waals surface area contributed by atoms with Crippen molar-refractivity contribution in [3.8, 4) is 0 Å². The summed E-state index contributed by atoms with van der Waals surface area (Å²) in [5, 5.41) is 2.99. The Hall–Kier alpha value is -2.24. The first kappa shape index (κ1) is 18.5. The number of rotatable bonds is 6. The van der Waals surface area contributed by atoms with E-state index in [9.17, 15) is 9.18 Å². The normalized spacial score (nSPS) is 15.8. The van der Waals surface area contributed by atoms with Crippen LogP contribution in [0.2, 0.25) is 0 Å². The summed E-state index contributed by atoms with van der Waals surface area (Å²) in [5.74, 6) is -0.335. The lowest BCUT2D eigenvalue weighted by Crippen LogP contribution is -2.44. The largest absolute Gasteiger partial charge is 0.352 e. The summed E-state index contributed by atoms with van der Waals surface area (Å²) in [6.07, 6.45) is 0.265. The minimum Gasteiger partial charge on any atom is -0.352 e. The van der Waals surface area contributed by atoms with E-state index in [0.717, 1.165) is 43.9 Å². The van der Waals surface area contributed by atoms with Gasteiger partial charge in [-0.1, -0.05) is 36.4 Å². The molecule has 1 fully saturated rings. The average Bonchev–Trinajstić information content (AvgIpc) is 2.65. The molecule has 0 spiro atoms. The van der Waals surface area contributed by atoms with E-state index >= 15 is 0 Å². The highest BCUT2D eigenvalue weighted by molar-refractivity contribution is 5.78. The van der Waals surface area contributed by atoms with Crippen LogP contribution in [-0.4, -0.2) is 48.9 Å². The third kappa shape index (κ3) is 5.38. The zero-order valence-corrected chi connectivity index (χ0v) is 15.2. The van der Waals surface area contributed by atoms with E-state index < -0.39 is 0 Å². The Balaban J connectivity index is 1.54. The summed E-state index contributed by atoms with van der Waals surface area (Å²) in [6.45, 7) is 5.76. The zero-order valence-electron chi connectivity index (χ0n) is 15.2. The maximum atomic E-state index is 12.9. The Labute approximate surface area is 154 Å². The van der Waals surface area contributed by atoms with Crippen LogP contribution in [0.15, 0.2) is 48.5 Å². The van der Waals surface area contributed by atoms with Gasteiger partial charge < -0.3 is 10.2 Å². The van der Waals surface area contributed by atoms with E-state index in [-0.39, 0.29) is 18.1 Å². The summed E-state index contributed by atoms with van der Waals surface area (Å²) in [4.78, 5) is 17.0. The SMILES string of the molecule is CN1CCN(Cc2ccccc2CNC(=O)Cc2ccc(F)cc2)CC1. The third-order valence-corrected chi connectivity index (χ3v) is 4.86. The van der Waals surface area contributed by atoms with Crippen LogP contribution < -0.4 is 5.32 Å². The fourth-order valence-corrected chi connectivity index (χ4v) is 3.18. The highest BCUT2D eigenvalue weighted by Crippen LogP contribution is 2.13. The molecule has 0 radical (unpaired) electrons. The van der Waals surface area contributed by atoms with Crippen molar-refractivity contribution >= 4 is 5.91 Å². The van der Waals surface area contributed by atoms with Gasteiger partial charge in [-0.15, -0.1) is 0 Å². The molecule has 1 N–H and O–H groups in total. The van der Waals surface area contributed by atoms with Crippen LogP contribution in [0.1, 0.15) is 16.7 Å². The minimum atomic E-state index is -0.285. The lowest BCUT2D eigenvalue weighted by Gasteiger charge is -2.32. The molecule has 0 bridgehead atoms. The molecule has 0 aliphatic carbocycles. The number of carbonyl (C=O) groups excluding carboxylic acids is 1. The summed E-state index contributed by atoms with van der Waals surface area (Å²) in [5.41, 5.74) is 3.23. The molecule has 4 nitrogen and oxygen atoms in total. The van der Waals surface area contributed by atoms with Gasteiger partial charge in [0.1, 0.15) is 5.82 Å². The summed E-state index contributed by atoms with van der Waals surface area (Å²) in [7, 11) is 2.15. The van der Waals surface area contributed by atoms with Crippen LogP contribution in [0, 0.1) is 5.82 Å². The Morgan fingerprint density at radius 1 is 1.00 bits per heavy atom. The maximum Gasteiger partial charge on any atom is 0.224 e. The van der Waals surface area contributed by atoms with Crippen molar-refractivity contribution in [3.63, 3.8) is 0 Å². The van der Waals surface area contributed by atoms with Gasteiger partial charge in [0.2, 0.25) is 5.91 Å². The molecule has 0 saturated carbocycles. The monoisotopic (exact) mass is 355 g/mol. The zero-order chi connectivity index (χ0) is 18.4. The number of amides is 1. The van der Waals surface area contributed by atoms with Crippen molar-refractivity contribution in [2.24, 2.45) is 0 Å². The van der Waals surface area contributed by atoms with Gasteiger partial charge in [0.25, 0.3) is 0 Å². The molecule has 1 aliphatic heterocycles. The Morgan fingerprint density at radius 2 is 1.65 bits per heavy atom. The molecule has 1 heterocycles. The second-order valence-corrected chi connectivity index (χ2v) is 6.93. The molecule has 0 aromatic heterocycles. The van der Waals surface area contributed by atoms with Crippen molar-refractivity contribution in [1.29, 1.82) is 0 Å². The highest BCUT2D eigenvalue weighted by atomic mass is 19.1. The second-order valence-electron chi connectivity index (χ2n) is 6.93. The quantitative estimate of drug-likeness (QED) is 0.865. The molecule has 0 atom stereocenters. The molecule has 3 rings (SSSR count). The van der Waals surface area contributed by atoms with Gasteiger partial charge >= 0.3 is 0 Å². The molecule has 0 unspecified atom stereocenters. The summed E-state index contributed by atoms with van der Waals surface area (Å²) < 4.78 is 12.9. The van der Waals surface area contributed by atoms with Gasteiger partial charge in [0.15, 0.2) is 0 Å². The number of hydrogen-bond donors (Lipinski definition) is 1. The molecule has 5 heteroatoms. The molecule has 1 aliphatic rings. The van der Waals surface area contributed by atoms with E-state index in [0.29, 0.717) is 6.54 Å². The van der Waals surface area contributed by atoms with Crippen LogP contribution in [0.4, 0.5) is 4.39 Å². The number of nitrogens with one attached hydrogen (secondary N) is 1. The smallest absolute Gasteiger partial charge is 0.224 e. The van der Waals surface area contributed by atoms with Crippen LogP contribution in [0.25, 0.3) is 0 Å². The van der Waals surface area contributed by atoms with Crippen molar-refractivity contribution in [1.82, 2.24) is 15.1 Å². The van der Waals surface area contributed by atoms with E-state index in [1.54, 1.807) is 12.1 Å². The number of hydrogen-bond acceptors (Lipinski definition) is 3. The lowest BCUT2D eigenvalue weighted by atomic mass is 10.1. The van der Waals surface area contributed by atoms with Gasteiger partial charge in [0.05, 0.1) is 6.42 Å². The predicted octanol–water partition coefficient (Wildman–Crippen LogP) is 2.43. The molecule has 2 aromatic rings. The topological polar surface area (TPSA) is 35.6 Å². The Morgan fingerprint density at radius 3 is 2.35 bits per heavy atom.